The van der Waals surface area contributed by atoms with Gasteiger partial charge in [0.1, 0.15) is 5.82 Å². The molecule has 0 saturated carbocycles. The molecular weight excluding hydrogens is 389 g/mol. The summed E-state index contributed by atoms with van der Waals surface area (Å²) in [7, 11) is 0. The zero-order valence-corrected chi connectivity index (χ0v) is 17.0. The summed E-state index contributed by atoms with van der Waals surface area (Å²) in [5, 5.41) is 8.01. The van der Waals surface area contributed by atoms with E-state index in [0.29, 0.717) is 24.1 Å². The largest absolute Gasteiger partial charge is 0.452 e. The number of rotatable bonds is 9. The molecule has 0 aromatic heterocycles. The van der Waals surface area contributed by atoms with Crippen LogP contribution >= 0.6 is 0 Å². The van der Waals surface area contributed by atoms with Gasteiger partial charge in [-0.3, -0.25) is 4.79 Å². The van der Waals surface area contributed by atoms with Gasteiger partial charge in [-0.15, -0.1) is 0 Å². The van der Waals surface area contributed by atoms with Crippen LogP contribution in [0.2, 0.25) is 0 Å². The lowest BCUT2D eigenvalue weighted by Crippen LogP contribution is -2.39. The van der Waals surface area contributed by atoms with E-state index in [2.05, 4.69) is 16.0 Å². The molecule has 0 saturated heterocycles. The van der Waals surface area contributed by atoms with Crippen LogP contribution in [0, 0.1) is 5.82 Å². The van der Waals surface area contributed by atoms with Crippen LogP contribution in [0.5, 0.6) is 0 Å². The van der Waals surface area contributed by atoms with Crippen molar-refractivity contribution >= 4 is 17.9 Å². The second-order valence-electron chi connectivity index (χ2n) is 6.95. The number of carbonyl (C=O) groups is 3. The van der Waals surface area contributed by atoms with E-state index in [0.717, 1.165) is 5.56 Å². The fourth-order valence-electron chi connectivity index (χ4n) is 2.56. The van der Waals surface area contributed by atoms with Crippen molar-refractivity contribution in [1.82, 2.24) is 16.0 Å². The van der Waals surface area contributed by atoms with Crippen molar-refractivity contribution < 1.29 is 23.5 Å². The molecular formula is C22H26FN3O4. The van der Waals surface area contributed by atoms with E-state index >= 15 is 0 Å². The first-order chi connectivity index (χ1) is 14.3. The Labute approximate surface area is 175 Å². The van der Waals surface area contributed by atoms with Crippen LogP contribution in [0.25, 0.3) is 0 Å². The normalized spacial score (nSPS) is 10.4. The molecule has 8 heteroatoms. The van der Waals surface area contributed by atoms with Crippen molar-refractivity contribution in [1.29, 1.82) is 0 Å². The van der Waals surface area contributed by atoms with E-state index in [4.69, 9.17) is 4.74 Å². The van der Waals surface area contributed by atoms with E-state index in [-0.39, 0.29) is 24.4 Å². The Kier molecular flexibility index (Phi) is 8.80. The van der Waals surface area contributed by atoms with E-state index in [1.165, 1.54) is 6.07 Å². The van der Waals surface area contributed by atoms with Gasteiger partial charge in [0.25, 0.3) is 5.91 Å². The maximum atomic E-state index is 13.5. The fraction of sp³-hybridized carbons (Fsp3) is 0.318. The molecule has 2 aromatic rings. The monoisotopic (exact) mass is 415 g/mol. The molecule has 3 amide bonds. The minimum absolute atomic E-state index is 0.0406. The molecule has 0 fully saturated rings. The van der Waals surface area contributed by atoms with Crippen LogP contribution in [-0.4, -0.2) is 37.1 Å². The number of hydrogen-bond acceptors (Lipinski definition) is 4. The number of amides is 3. The summed E-state index contributed by atoms with van der Waals surface area (Å²) in [6, 6.07) is 12.6. The molecule has 0 aliphatic rings. The number of carbonyl (C=O) groups excluding carboxylic acids is 3. The number of halogens is 1. The molecule has 0 unspecified atom stereocenters. The van der Waals surface area contributed by atoms with E-state index < -0.39 is 18.5 Å². The van der Waals surface area contributed by atoms with Crippen molar-refractivity contribution in [2.24, 2.45) is 0 Å². The smallest absolute Gasteiger partial charge is 0.338 e. The summed E-state index contributed by atoms with van der Waals surface area (Å²) in [6.07, 6.45) is 0.344. The lowest BCUT2D eigenvalue weighted by atomic mass is 10.1. The average Bonchev–Trinajstić information content (AvgIpc) is 2.72. The molecule has 0 heterocycles. The van der Waals surface area contributed by atoms with Crippen LogP contribution in [-0.2, 0) is 22.5 Å². The van der Waals surface area contributed by atoms with E-state index in [1.54, 1.807) is 42.5 Å². The summed E-state index contributed by atoms with van der Waals surface area (Å²) in [4.78, 5) is 35.4. The van der Waals surface area contributed by atoms with Crippen molar-refractivity contribution in [2.75, 3.05) is 13.2 Å². The van der Waals surface area contributed by atoms with E-state index in [9.17, 15) is 18.8 Å². The Bertz CT molecular complexity index is 869. The van der Waals surface area contributed by atoms with Crippen LogP contribution in [0.15, 0.2) is 48.5 Å². The van der Waals surface area contributed by atoms with Crippen molar-refractivity contribution in [3.63, 3.8) is 0 Å². The molecule has 0 aliphatic heterocycles. The molecule has 3 N–H and O–H groups in total. The lowest BCUT2D eigenvalue weighted by Gasteiger charge is -2.10. The zero-order chi connectivity index (χ0) is 21.9. The van der Waals surface area contributed by atoms with Crippen LogP contribution in [0.1, 0.15) is 35.3 Å². The Morgan fingerprint density at radius 3 is 2.37 bits per heavy atom. The van der Waals surface area contributed by atoms with Gasteiger partial charge in [-0.05, 0) is 49.6 Å². The third-order valence-electron chi connectivity index (χ3n) is 4.07. The molecule has 2 aromatic carbocycles. The van der Waals surface area contributed by atoms with Gasteiger partial charge in [0.2, 0.25) is 0 Å². The zero-order valence-electron chi connectivity index (χ0n) is 17.0. The quantitative estimate of drug-likeness (QED) is 0.549. The summed E-state index contributed by atoms with van der Waals surface area (Å²) in [5.74, 6) is -1.41. The fourth-order valence-corrected chi connectivity index (χ4v) is 2.56. The minimum atomic E-state index is -0.628. The van der Waals surface area contributed by atoms with Crippen LogP contribution in [0.4, 0.5) is 9.18 Å². The first-order valence-corrected chi connectivity index (χ1v) is 9.65. The molecule has 0 bridgehead atoms. The SMILES string of the molecule is CC(C)NC(=O)NCc1ccc(C(=O)OCC(=O)NCCc2ccccc2F)cc1. The predicted molar refractivity (Wildman–Crippen MR) is 110 cm³/mol. The highest BCUT2D eigenvalue weighted by atomic mass is 19.1. The van der Waals surface area contributed by atoms with Gasteiger partial charge in [0.05, 0.1) is 5.56 Å². The van der Waals surface area contributed by atoms with Crippen molar-refractivity contribution in [3.05, 3.63) is 71.0 Å². The number of nitrogens with one attached hydrogen (secondary N) is 3. The summed E-state index contributed by atoms with van der Waals surface area (Å²) < 4.78 is 18.5. The summed E-state index contributed by atoms with van der Waals surface area (Å²) >= 11 is 0. The van der Waals surface area contributed by atoms with Crippen molar-refractivity contribution in [3.8, 4) is 0 Å². The van der Waals surface area contributed by atoms with Gasteiger partial charge < -0.3 is 20.7 Å². The van der Waals surface area contributed by atoms with Gasteiger partial charge in [-0.25, -0.2) is 14.0 Å². The van der Waals surface area contributed by atoms with Gasteiger partial charge in [-0.1, -0.05) is 30.3 Å². The molecule has 7 nitrogen and oxygen atoms in total. The highest BCUT2D eigenvalue weighted by Gasteiger charge is 2.11. The average molecular weight is 415 g/mol. The topological polar surface area (TPSA) is 96.5 Å². The third-order valence-corrected chi connectivity index (χ3v) is 4.07. The van der Waals surface area contributed by atoms with Gasteiger partial charge in [0.15, 0.2) is 6.61 Å². The Hall–Kier alpha value is -3.42. The molecule has 2 rings (SSSR count). The van der Waals surface area contributed by atoms with Gasteiger partial charge in [-0.2, -0.15) is 0 Å². The second-order valence-corrected chi connectivity index (χ2v) is 6.95. The van der Waals surface area contributed by atoms with Gasteiger partial charge >= 0.3 is 12.0 Å². The van der Waals surface area contributed by atoms with Gasteiger partial charge in [0, 0.05) is 19.1 Å². The maximum Gasteiger partial charge on any atom is 0.338 e. The number of hydrogen-bond donors (Lipinski definition) is 3. The highest BCUT2D eigenvalue weighted by Crippen LogP contribution is 2.07. The molecule has 30 heavy (non-hydrogen) atoms. The Balaban J connectivity index is 1.70. The summed E-state index contributed by atoms with van der Waals surface area (Å²) in [6.45, 7) is 3.86. The Morgan fingerprint density at radius 1 is 1.00 bits per heavy atom. The molecule has 0 atom stereocenters. The number of ether oxygens (including phenoxy) is 1. The lowest BCUT2D eigenvalue weighted by molar-refractivity contribution is -0.124. The van der Waals surface area contributed by atoms with Crippen LogP contribution in [0.3, 0.4) is 0 Å². The minimum Gasteiger partial charge on any atom is -0.452 e. The Morgan fingerprint density at radius 2 is 1.70 bits per heavy atom. The highest BCUT2D eigenvalue weighted by molar-refractivity contribution is 5.91. The first kappa shape index (κ1) is 22.9. The number of urea groups is 1. The van der Waals surface area contributed by atoms with E-state index in [1.807, 2.05) is 13.8 Å². The number of esters is 1. The molecule has 0 aliphatic carbocycles. The standard InChI is InChI=1S/C22H26FN3O4/c1-15(2)26-22(29)25-13-16-7-9-18(10-8-16)21(28)30-14-20(27)24-12-11-17-5-3-4-6-19(17)23/h3-10,15H,11-14H2,1-2H3,(H,24,27)(H2,25,26,29). The first-order valence-electron chi connectivity index (χ1n) is 9.65. The predicted octanol–water partition coefficient (Wildman–Crippen LogP) is 2.55. The maximum absolute atomic E-state index is 13.5. The van der Waals surface area contributed by atoms with Crippen molar-refractivity contribution in [2.45, 2.75) is 32.9 Å². The molecule has 0 spiro atoms. The second kappa shape index (κ2) is 11.5. The molecule has 0 radical (unpaired) electrons. The van der Waals surface area contributed by atoms with Crippen LogP contribution < -0.4 is 16.0 Å². The number of benzene rings is 2. The molecule has 160 valence electrons. The summed E-state index contributed by atoms with van der Waals surface area (Å²) in [5.41, 5.74) is 1.62. The third kappa shape index (κ3) is 7.90.